The third-order valence-electron chi connectivity index (χ3n) is 5.76. The number of hydrogen-bond donors (Lipinski definition) is 1. The number of ether oxygens (including phenoxy) is 5. The highest BCUT2D eigenvalue weighted by Crippen LogP contribution is 2.45. The lowest BCUT2D eigenvalue weighted by atomic mass is 9.88. The number of rotatable bonds is 17. The van der Waals surface area contributed by atoms with Gasteiger partial charge in [0.25, 0.3) is 0 Å². The van der Waals surface area contributed by atoms with Crippen molar-refractivity contribution in [1.82, 2.24) is 0 Å². The van der Waals surface area contributed by atoms with Gasteiger partial charge in [0.1, 0.15) is 24.6 Å². The van der Waals surface area contributed by atoms with Crippen molar-refractivity contribution < 1.29 is 42.8 Å². The maximum absolute atomic E-state index is 13.8. The van der Waals surface area contributed by atoms with E-state index < -0.39 is 24.3 Å². The summed E-state index contributed by atoms with van der Waals surface area (Å²) < 4.78 is 40.9. The lowest BCUT2D eigenvalue weighted by molar-refractivity contribution is -0.145. The van der Waals surface area contributed by atoms with Crippen LogP contribution in [0.5, 0.6) is 11.5 Å². The van der Waals surface area contributed by atoms with E-state index in [-0.39, 0.29) is 31.4 Å². The fourth-order valence-electron chi connectivity index (χ4n) is 3.95. The van der Waals surface area contributed by atoms with E-state index >= 15 is 0 Å². The summed E-state index contributed by atoms with van der Waals surface area (Å²) in [5, 5.41) is 10.5. The molecule has 1 atom stereocenters. The molecule has 0 aliphatic carbocycles. The minimum absolute atomic E-state index is 0.0395. The highest BCUT2D eigenvalue weighted by Gasteiger charge is 2.22. The number of aliphatic hydroxyl groups is 1. The summed E-state index contributed by atoms with van der Waals surface area (Å²) >= 11 is 0. The van der Waals surface area contributed by atoms with Gasteiger partial charge in [0.2, 0.25) is 0 Å². The minimum atomic E-state index is -1.13. The molecule has 39 heavy (non-hydrogen) atoms. The molecule has 0 fully saturated rings. The Hall–Kier alpha value is -3.27. The maximum atomic E-state index is 13.8. The largest absolute Gasteiger partial charge is 0.492 e. The molecule has 0 aliphatic heterocycles. The minimum Gasteiger partial charge on any atom is -0.492 e. The molecule has 0 spiro atoms. The van der Waals surface area contributed by atoms with Gasteiger partial charge in [0.15, 0.2) is 11.5 Å². The molecule has 0 bridgehead atoms. The fraction of sp³-hybridized carbons (Fsp3) is 0.467. The zero-order valence-corrected chi connectivity index (χ0v) is 23.3. The van der Waals surface area contributed by atoms with Crippen molar-refractivity contribution in [2.75, 3.05) is 47.3 Å². The molecule has 0 amide bonds. The van der Waals surface area contributed by atoms with Gasteiger partial charge in [0, 0.05) is 19.1 Å². The summed E-state index contributed by atoms with van der Waals surface area (Å²) in [4.78, 5) is 23.8. The third-order valence-corrected chi connectivity index (χ3v) is 5.76. The van der Waals surface area contributed by atoms with Crippen LogP contribution in [0.25, 0.3) is 17.2 Å². The summed E-state index contributed by atoms with van der Waals surface area (Å²) in [5.41, 5.74) is 2.96. The summed E-state index contributed by atoms with van der Waals surface area (Å²) in [7, 11) is 3.13. The van der Waals surface area contributed by atoms with Gasteiger partial charge in [-0.15, -0.1) is 0 Å². The molecule has 1 N–H and O–H groups in total. The fourth-order valence-corrected chi connectivity index (χ4v) is 3.95. The summed E-state index contributed by atoms with van der Waals surface area (Å²) in [6.07, 6.45) is 1.46. The number of methoxy groups -OCH3 is 2. The first-order valence-corrected chi connectivity index (χ1v) is 13.0. The number of ketones is 1. The van der Waals surface area contributed by atoms with Crippen molar-refractivity contribution in [3.63, 3.8) is 0 Å². The average Bonchev–Trinajstić information content (AvgIpc) is 2.89. The van der Waals surface area contributed by atoms with Gasteiger partial charge in [-0.2, -0.15) is 0 Å². The highest BCUT2D eigenvalue weighted by atomic mass is 19.1. The van der Waals surface area contributed by atoms with Crippen molar-refractivity contribution in [3.05, 3.63) is 53.4 Å². The molecule has 0 aromatic heterocycles. The van der Waals surface area contributed by atoms with Crippen LogP contribution < -0.4 is 9.47 Å². The number of esters is 1. The summed E-state index contributed by atoms with van der Waals surface area (Å²) in [5.74, 6) is -0.451. The van der Waals surface area contributed by atoms with Crippen LogP contribution in [0.3, 0.4) is 0 Å². The van der Waals surface area contributed by atoms with Crippen molar-refractivity contribution in [3.8, 4) is 22.6 Å². The molecule has 0 saturated carbocycles. The zero-order chi connectivity index (χ0) is 28.8. The van der Waals surface area contributed by atoms with Crippen LogP contribution >= 0.6 is 0 Å². The first-order chi connectivity index (χ1) is 18.7. The van der Waals surface area contributed by atoms with Crippen molar-refractivity contribution in [2.24, 2.45) is 0 Å². The van der Waals surface area contributed by atoms with Crippen LogP contribution in [0.4, 0.5) is 4.39 Å². The standard InChI is InChI=1S/C30H39FO8/c1-6-38-28(34)18-24(33)17-23(32)11-12-25-26(20(2)3)19-27(39-16-15-37-14-13-35-4)30(36-5)29(25)21-7-9-22(31)10-8-21/h7-12,19-20,23,32H,6,13-18H2,1-5H3. The van der Waals surface area contributed by atoms with E-state index in [9.17, 15) is 19.1 Å². The number of carbonyl (C=O) groups excluding carboxylic acids is 2. The molecule has 2 rings (SSSR count). The van der Waals surface area contributed by atoms with Gasteiger partial charge < -0.3 is 28.8 Å². The molecule has 2 aromatic carbocycles. The molecule has 9 heteroatoms. The van der Waals surface area contributed by atoms with Crippen LogP contribution in [0.1, 0.15) is 50.7 Å². The number of aliphatic hydroxyl groups excluding tert-OH is 1. The van der Waals surface area contributed by atoms with E-state index in [0.717, 1.165) is 11.1 Å². The second-order valence-electron chi connectivity index (χ2n) is 9.05. The Kier molecular flexibility index (Phi) is 13.6. The predicted molar refractivity (Wildman–Crippen MR) is 147 cm³/mol. The molecule has 0 heterocycles. The molecule has 8 nitrogen and oxygen atoms in total. The Bertz CT molecular complexity index is 1100. The number of Topliss-reactive ketones (excluding diaryl/α,β-unsaturated/α-hetero) is 1. The van der Waals surface area contributed by atoms with Crippen LogP contribution in [0.2, 0.25) is 0 Å². The second kappa shape index (κ2) is 16.6. The van der Waals surface area contributed by atoms with Crippen LogP contribution in [-0.4, -0.2) is 70.2 Å². The summed E-state index contributed by atoms with van der Waals surface area (Å²) in [6, 6.07) is 7.88. The number of halogens is 1. The molecule has 2 aromatic rings. The van der Waals surface area contributed by atoms with E-state index in [4.69, 9.17) is 23.7 Å². The Balaban J connectivity index is 2.46. The van der Waals surface area contributed by atoms with Crippen molar-refractivity contribution in [1.29, 1.82) is 0 Å². The van der Waals surface area contributed by atoms with E-state index in [2.05, 4.69) is 0 Å². The Morgan fingerprint density at radius 2 is 1.74 bits per heavy atom. The molecule has 0 radical (unpaired) electrons. The van der Waals surface area contributed by atoms with E-state index in [1.807, 2.05) is 19.9 Å². The number of benzene rings is 2. The predicted octanol–water partition coefficient (Wildman–Crippen LogP) is 4.95. The molecule has 214 valence electrons. The second-order valence-corrected chi connectivity index (χ2v) is 9.05. The van der Waals surface area contributed by atoms with E-state index in [1.54, 1.807) is 32.2 Å². The highest BCUT2D eigenvalue weighted by molar-refractivity contribution is 5.96. The molecular weight excluding hydrogens is 507 g/mol. The smallest absolute Gasteiger partial charge is 0.313 e. The third kappa shape index (κ3) is 10.1. The van der Waals surface area contributed by atoms with Crippen molar-refractivity contribution in [2.45, 2.75) is 45.6 Å². The lowest BCUT2D eigenvalue weighted by Gasteiger charge is -2.22. The quantitative estimate of drug-likeness (QED) is 0.169. The van der Waals surface area contributed by atoms with Gasteiger partial charge in [-0.3, -0.25) is 9.59 Å². The summed E-state index contributed by atoms with van der Waals surface area (Å²) in [6.45, 7) is 7.43. The zero-order valence-electron chi connectivity index (χ0n) is 23.3. The van der Waals surface area contributed by atoms with Gasteiger partial charge >= 0.3 is 5.97 Å². The van der Waals surface area contributed by atoms with Crippen LogP contribution in [0.15, 0.2) is 36.4 Å². The van der Waals surface area contributed by atoms with E-state index in [0.29, 0.717) is 42.4 Å². The topological polar surface area (TPSA) is 101 Å². The molecule has 1 unspecified atom stereocenters. The first kappa shape index (κ1) is 31.9. The van der Waals surface area contributed by atoms with Gasteiger partial charge in [-0.05, 0) is 47.7 Å². The van der Waals surface area contributed by atoms with Gasteiger partial charge in [0.05, 0.1) is 39.6 Å². The number of hydrogen-bond acceptors (Lipinski definition) is 8. The average molecular weight is 547 g/mol. The molecule has 0 saturated heterocycles. The number of carbonyl (C=O) groups is 2. The Morgan fingerprint density at radius 3 is 2.36 bits per heavy atom. The first-order valence-electron chi connectivity index (χ1n) is 13.0. The molecule has 0 aliphatic rings. The Labute approximate surface area is 229 Å². The SMILES string of the molecule is CCOC(=O)CC(=O)CC(O)C=Cc1c(C(C)C)cc(OCCOCCOC)c(OC)c1-c1ccc(F)cc1. The monoisotopic (exact) mass is 546 g/mol. The van der Waals surface area contributed by atoms with Gasteiger partial charge in [-0.25, -0.2) is 4.39 Å². The van der Waals surface area contributed by atoms with Gasteiger partial charge in [-0.1, -0.05) is 38.1 Å². The Morgan fingerprint density at radius 1 is 1.05 bits per heavy atom. The normalized spacial score (nSPS) is 12.1. The maximum Gasteiger partial charge on any atom is 0.313 e. The van der Waals surface area contributed by atoms with E-state index in [1.165, 1.54) is 25.3 Å². The van der Waals surface area contributed by atoms with Crippen LogP contribution in [0, 0.1) is 5.82 Å². The lowest BCUT2D eigenvalue weighted by Crippen LogP contribution is -2.16. The molecular formula is C30H39FO8. The van der Waals surface area contributed by atoms with Crippen molar-refractivity contribution >= 4 is 17.8 Å². The van der Waals surface area contributed by atoms with Crippen LogP contribution in [-0.2, 0) is 23.8 Å².